The number of aromatic nitrogens is 1. The van der Waals surface area contributed by atoms with E-state index in [1.807, 2.05) is 0 Å². The molecule has 1 atom stereocenters. The molecule has 1 fully saturated rings. The van der Waals surface area contributed by atoms with Gasteiger partial charge in [-0.15, -0.1) is 0 Å². The summed E-state index contributed by atoms with van der Waals surface area (Å²) in [5, 5.41) is 3.29. The van der Waals surface area contributed by atoms with Crippen molar-refractivity contribution in [2.45, 2.75) is 6.04 Å². The van der Waals surface area contributed by atoms with E-state index in [0.29, 0.717) is 13.2 Å². The lowest BCUT2D eigenvalue weighted by Gasteiger charge is -2.23. The van der Waals surface area contributed by atoms with Crippen molar-refractivity contribution in [2.24, 2.45) is 0 Å². The number of hydrogen-bond acceptors (Lipinski definition) is 3. The fourth-order valence-electron chi connectivity index (χ4n) is 1.41. The minimum Gasteiger partial charge on any atom is -0.378 e. The van der Waals surface area contributed by atoms with E-state index >= 15 is 0 Å². The second-order valence-electron chi connectivity index (χ2n) is 3.12. The molecular formula is C9H10ClFN2O. The molecule has 0 aliphatic carbocycles. The Labute approximate surface area is 86.2 Å². The average Bonchev–Trinajstić information content (AvgIpc) is 2.23. The normalized spacial score (nSPS) is 22.3. The molecule has 1 aromatic heterocycles. The summed E-state index contributed by atoms with van der Waals surface area (Å²) in [6.45, 7) is 2.07. The summed E-state index contributed by atoms with van der Waals surface area (Å²) in [5.41, 5.74) is 0.858. The number of ether oxygens (including phenoxy) is 1. The molecule has 1 saturated heterocycles. The molecule has 76 valence electrons. The molecule has 2 heterocycles. The van der Waals surface area contributed by atoms with Gasteiger partial charge in [-0.3, -0.25) is 0 Å². The minimum atomic E-state index is -0.632. The second-order valence-corrected chi connectivity index (χ2v) is 3.53. The van der Waals surface area contributed by atoms with Gasteiger partial charge in [-0.2, -0.15) is 4.39 Å². The first kappa shape index (κ1) is 9.83. The van der Waals surface area contributed by atoms with E-state index in [9.17, 15) is 4.39 Å². The summed E-state index contributed by atoms with van der Waals surface area (Å²) >= 11 is 5.63. The smallest absolute Gasteiger partial charge is 0.231 e. The SMILES string of the molecule is Fc1ncc(C2COCCN2)cc1Cl. The van der Waals surface area contributed by atoms with Crippen molar-refractivity contribution < 1.29 is 9.13 Å². The largest absolute Gasteiger partial charge is 0.378 e. The van der Waals surface area contributed by atoms with Crippen LogP contribution in [0.3, 0.4) is 0 Å². The van der Waals surface area contributed by atoms with Crippen LogP contribution in [0, 0.1) is 5.95 Å². The van der Waals surface area contributed by atoms with Gasteiger partial charge in [-0.25, -0.2) is 4.98 Å². The monoisotopic (exact) mass is 216 g/mol. The molecule has 14 heavy (non-hydrogen) atoms. The molecule has 1 aliphatic rings. The number of halogens is 2. The van der Waals surface area contributed by atoms with Gasteiger partial charge in [0.1, 0.15) is 0 Å². The Morgan fingerprint density at radius 3 is 3.14 bits per heavy atom. The summed E-state index contributed by atoms with van der Waals surface area (Å²) < 4.78 is 18.1. The molecule has 0 radical (unpaired) electrons. The summed E-state index contributed by atoms with van der Waals surface area (Å²) in [7, 11) is 0. The fraction of sp³-hybridized carbons (Fsp3) is 0.444. The minimum absolute atomic E-state index is 0.0508. The topological polar surface area (TPSA) is 34.1 Å². The third-order valence-electron chi connectivity index (χ3n) is 2.14. The first-order valence-electron chi connectivity index (χ1n) is 4.39. The van der Waals surface area contributed by atoms with Crippen LogP contribution in [-0.4, -0.2) is 24.7 Å². The lowest BCUT2D eigenvalue weighted by Crippen LogP contribution is -2.34. The van der Waals surface area contributed by atoms with Crippen molar-refractivity contribution in [3.8, 4) is 0 Å². The maximum absolute atomic E-state index is 12.8. The molecule has 3 nitrogen and oxygen atoms in total. The van der Waals surface area contributed by atoms with Crippen LogP contribution in [0.1, 0.15) is 11.6 Å². The molecule has 1 N–H and O–H groups in total. The number of morpholine rings is 1. The van der Waals surface area contributed by atoms with Crippen LogP contribution in [0.25, 0.3) is 0 Å². The van der Waals surface area contributed by atoms with Crippen molar-refractivity contribution in [1.29, 1.82) is 0 Å². The summed E-state index contributed by atoms with van der Waals surface area (Å²) in [4.78, 5) is 3.56. The first-order valence-corrected chi connectivity index (χ1v) is 4.77. The van der Waals surface area contributed by atoms with Gasteiger partial charge in [0.25, 0.3) is 0 Å². The first-order chi connectivity index (χ1) is 6.77. The van der Waals surface area contributed by atoms with Crippen molar-refractivity contribution in [2.75, 3.05) is 19.8 Å². The molecule has 0 amide bonds. The molecule has 1 aliphatic heterocycles. The second kappa shape index (κ2) is 4.21. The standard InChI is InChI=1S/C9H10ClFN2O/c10-7-3-6(4-13-9(7)11)8-5-14-2-1-12-8/h3-4,8,12H,1-2,5H2. The zero-order valence-electron chi connectivity index (χ0n) is 7.46. The van der Waals surface area contributed by atoms with E-state index in [1.54, 1.807) is 6.07 Å². The Hall–Kier alpha value is -0.710. The van der Waals surface area contributed by atoms with Gasteiger partial charge in [0.2, 0.25) is 5.95 Å². The maximum Gasteiger partial charge on any atom is 0.231 e. The van der Waals surface area contributed by atoms with Crippen LogP contribution in [0.4, 0.5) is 4.39 Å². The Balaban J connectivity index is 2.18. The summed E-state index contributed by atoms with van der Waals surface area (Å²) in [5.74, 6) is -0.632. The van der Waals surface area contributed by atoms with E-state index in [1.165, 1.54) is 6.20 Å². The Morgan fingerprint density at radius 2 is 2.50 bits per heavy atom. The molecule has 1 unspecified atom stereocenters. The van der Waals surface area contributed by atoms with Gasteiger partial charge in [0, 0.05) is 12.7 Å². The maximum atomic E-state index is 12.8. The van der Waals surface area contributed by atoms with Gasteiger partial charge in [-0.05, 0) is 11.6 Å². The third kappa shape index (κ3) is 2.03. The zero-order valence-corrected chi connectivity index (χ0v) is 8.22. The highest BCUT2D eigenvalue weighted by Gasteiger charge is 2.16. The van der Waals surface area contributed by atoms with Crippen molar-refractivity contribution in [1.82, 2.24) is 10.3 Å². The molecule has 5 heteroatoms. The predicted octanol–water partition coefficient (Wildman–Crippen LogP) is 1.53. The van der Waals surface area contributed by atoms with Crippen molar-refractivity contribution in [3.63, 3.8) is 0 Å². The number of nitrogens with one attached hydrogen (secondary N) is 1. The highest BCUT2D eigenvalue weighted by atomic mass is 35.5. The molecule has 0 saturated carbocycles. The van der Waals surface area contributed by atoms with E-state index in [0.717, 1.165) is 12.1 Å². The van der Waals surface area contributed by atoms with Crippen LogP contribution in [0.2, 0.25) is 5.02 Å². The van der Waals surface area contributed by atoms with Gasteiger partial charge >= 0.3 is 0 Å². The van der Waals surface area contributed by atoms with E-state index in [2.05, 4.69) is 10.3 Å². The van der Waals surface area contributed by atoms with Crippen LogP contribution in [-0.2, 0) is 4.74 Å². The predicted molar refractivity (Wildman–Crippen MR) is 50.8 cm³/mol. The molecule has 0 spiro atoms. The number of hydrogen-bond donors (Lipinski definition) is 1. The molecule has 1 aromatic rings. The Morgan fingerprint density at radius 1 is 1.64 bits per heavy atom. The molecule has 0 aromatic carbocycles. The fourth-order valence-corrected chi connectivity index (χ4v) is 1.58. The van der Waals surface area contributed by atoms with Crippen molar-refractivity contribution >= 4 is 11.6 Å². The van der Waals surface area contributed by atoms with Gasteiger partial charge in [0.05, 0.1) is 24.3 Å². The number of rotatable bonds is 1. The molecule has 2 rings (SSSR count). The van der Waals surface area contributed by atoms with E-state index in [4.69, 9.17) is 16.3 Å². The Bertz CT molecular complexity index is 329. The molecule has 0 bridgehead atoms. The lowest BCUT2D eigenvalue weighted by molar-refractivity contribution is 0.0767. The quantitative estimate of drug-likeness (QED) is 0.723. The zero-order chi connectivity index (χ0) is 9.97. The van der Waals surface area contributed by atoms with Gasteiger partial charge in [0.15, 0.2) is 0 Å². The van der Waals surface area contributed by atoms with Crippen LogP contribution in [0.5, 0.6) is 0 Å². The average molecular weight is 217 g/mol. The van der Waals surface area contributed by atoms with E-state index in [-0.39, 0.29) is 11.1 Å². The lowest BCUT2D eigenvalue weighted by atomic mass is 10.1. The number of pyridine rings is 1. The van der Waals surface area contributed by atoms with E-state index < -0.39 is 5.95 Å². The van der Waals surface area contributed by atoms with Crippen LogP contribution < -0.4 is 5.32 Å². The summed E-state index contributed by atoms with van der Waals surface area (Å²) in [6.07, 6.45) is 1.48. The number of nitrogens with zero attached hydrogens (tertiary/aromatic N) is 1. The Kier molecular flexibility index (Phi) is 2.96. The van der Waals surface area contributed by atoms with Crippen LogP contribution >= 0.6 is 11.6 Å². The van der Waals surface area contributed by atoms with Gasteiger partial charge in [-0.1, -0.05) is 11.6 Å². The summed E-state index contributed by atoms with van der Waals surface area (Å²) in [6, 6.07) is 1.64. The van der Waals surface area contributed by atoms with Crippen molar-refractivity contribution in [3.05, 3.63) is 28.8 Å². The van der Waals surface area contributed by atoms with Crippen LogP contribution in [0.15, 0.2) is 12.3 Å². The third-order valence-corrected chi connectivity index (χ3v) is 2.41. The highest BCUT2D eigenvalue weighted by Crippen LogP contribution is 2.20. The van der Waals surface area contributed by atoms with Gasteiger partial charge < -0.3 is 10.1 Å². The highest BCUT2D eigenvalue weighted by molar-refractivity contribution is 6.30. The molecular weight excluding hydrogens is 207 g/mol.